The van der Waals surface area contributed by atoms with Crippen LogP contribution in [0.4, 0.5) is 11.4 Å². The summed E-state index contributed by atoms with van der Waals surface area (Å²) >= 11 is 0. The van der Waals surface area contributed by atoms with Gasteiger partial charge in [-0.3, -0.25) is 0 Å². The summed E-state index contributed by atoms with van der Waals surface area (Å²) in [4.78, 5) is 2.22. The molecule has 1 saturated heterocycles. The van der Waals surface area contributed by atoms with Gasteiger partial charge in [0.1, 0.15) is 0 Å². The molecule has 1 heterocycles. The molecule has 2 rings (SSSR count). The summed E-state index contributed by atoms with van der Waals surface area (Å²) in [6.07, 6.45) is 2.53. The second-order valence-electron chi connectivity index (χ2n) is 4.73. The number of hydrogen-bond donors (Lipinski definition) is 2. The van der Waals surface area contributed by atoms with Crippen LogP contribution >= 0.6 is 0 Å². The van der Waals surface area contributed by atoms with Gasteiger partial charge in [-0.25, -0.2) is 8.42 Å². The first kappa shape index (κ1) is 13.2. The van der Waals surface area contributed by atoms with E-state index >= 15 is 0 Å². The topological polar surface area (TPSA) is 83.6 Å². The molecule has 1 aliphatic heterocycles. The number of nitrogens with zero attached hydrogens (tertiary/aromatic N) is 1. The molecule has 6 heteroatoms. The van der Waals surface area contributed by atoms with E-state index in [4.69, 9.17) is 5.73 Å². The number of nitrogen functional groups attached to an aromatic ring is 1. The predicted molar refractivity (Wildman–Crippen MR) is 71.4 cm³/mol. The van der Waals surface area contributed by atoms with Crippen molar-refractivity contribution in [1.29, 1.82) is 0 Å². The molecule has 1 aromatic carbocycles. The zero-order valence-corrected chi connectivity index (χ0v) is 11.2. The van der Waals surface area contributed by atoms with E-state index in [0.29, 0.717) is 12.2 Å². The van der Waals surface area contributed by atoms with E-state index in [1.807, 2.05) is 4.90 Å². The molecular weight excluding hydrogens is 252 g/mol. The lowest BCUT2D eigenvalue weighted by molar-refractivity contribution is 0.154. The maximum atomic E-state index is 11.4. The molecule has 0 aliphatic carbocycles. The third-order valence-corrected chi connectivity index (χ3v) is 4.27. The number of anilines is 2. The standard InChI is InChI=1S/C12H18N2O3S/c1-18(16,17)10-4-5-12(11(13)7-10)14-6-2-3-9(15)8-14/h4-5,7,9,15H,2-3,6,8,13H2,1H3. The van der Waals surface area contributed by atoms with Gasteiger partial charge < -0.3 is 15.7 Å². The number of sulfone groups is 1. The molecule has 100 valence electrons. The summed E-state index contributed by atoms with van der Waals surface area (Å²) in [5, 5.41) is 9.64. The highest BCUT2D eigenvalue weighted by atomic mass is 32.2. The zero-order chi connectivity index (χ0) is 13.3. The van der Waals surface area contributed by atoms with Gasteiger partial charge in [-0.2, -0.15) is 0 Å². The molecule has 0 saturated carbocycles. The Morgan fingerprint density at radius 3 is 2.72 bits per heavy atom. The summed E-state index contributed by atoms with van der Waals surface area (Å²) < 4.78 is 22.8. The largest absolute Gasteiger partial charge is 0.397 e. The van der Waals surface area contributed by atoms with Gasteiger partial charge in [-0.15, -0.1) is 0 Å². The van der Waals surface area contributed by atoms with Crippen LogP contribution in [-0.4, -0.2) is 39.0 Å². The molecule has 0 amide bonds. The van der Waals surface area contributed by atoms with Crippen LogP contribution in [0.15, 0.2) is 23.1 Å². The number of aliphatic hydroxyl groups is 1. The van der Waals surface area contributed by atoms with Gasteiger partial charge in [0, 0.05) is 19.3 Å². The Bertz CT molecular complexity index is 542. The Morgan fingerprint density at radius 1 is 1.44 bits per heavy atom. The molecule has 1 fully saturated rings. The molecule has 1 atom stereocenters. The maximum Gasteiger partial charge on any atom is 0.175 e. The van der Waals surface area contributed by atoms with Gasteiger partial charge in [0.15, 0.2) is 9.84 Å². The summed E-state index contributed by atoms with van der Waals surface area (Å²) in [5.74, 6) is 0. The average Bonchev–Trinajstić information content (AvgIpc) is 2.27. The summed E-state index contributed by atoms with van der Waals surface area (Å²) in [6.45, 7) is 1.38. The van der Waals surface area contributed by atoms with Gasteiger partial charge in [0.05, 0.1) is 22.4 Å². The lowest BCUT2D eigenvalue weighted by Gasteiger charge is -2.32. The first-order valence-corrected chi connectivity index (χ1v) is 7.79. The van der Waals surface area contributed by atoms with Crippen molar-refractivity contribution in [2.45, 2.75) is 23.8 Å². The fraction of sp³-hybridized carbons (Fsp3) is 0.500. The Labute approximate surface area is 107 Å². The predicted octanol–water partition coefficient (Wildman–Crippen LogP) is 0.633. The third kappa shape index (κ3) is 2.76. The fourth-order valence-corrected chi connectivity index (χ4v) is 2.88. The Morgan fingerprint density at radius 2 is 2.17 bits per heavy atom. The molecular formula is C12H18N2O3S. The normalized spacial score (nSPS) is 21.0. The monoisotopic (exact) mass is 270 g/mol. The van der Waals surface area contributed by atoms with E-state index in [9.17, 15) is 13.5 Å². The lowest BCUT2D eigenvalue weighted by atomic mass is 10.1. The van der Waals surface area contributed by atoms with Crippen LogP contribution in [0, 0.1) is 0 Å². The van der Waals surface area contributed by atoms with E-state index in [1.54, 1.807) is 12.1 Å². The maximum absolute atomic E-state index is 11.4. The van der Waals surface area contributed by atoms with Crippen LogP contribution in [0.1, 0.15) is 12.8 Å². The fourth-order valence-electron chi connectivity index (χ4n) is 2.22. The summed E-state index contributed by atoms with van der Waals surface area (Å²) in [5.41, 5.74) is 7.14. The highest BCUT2D eigenvalue weighted by Crippen LogP contribution is 2.28. The van der Waals surface area contributed by atoms with E-state index < -0.39 is 9.84 Å². The number of β-amino-alcohol motifs (C(OH)–C–C–N with tert-alkyl or cyclic N) is 1. The zero-order valence-electron chi connectivity index (χ0n) is 10.3. The smallest absolute Gasteiger partial charge is 0.175 e. The second kappa shape index (κ2) is 4.78. The highest BCUT2D eigenvalue weighted by molar-refractivity contribution is 7.90. The minimum Gasteiger partial charge on any atom is -0.397 e. The van der Waals surface area contributed by atoms with Crippen molar-refractivity contribution < 1.29 is 13.5 Å². The average molecular weight is 270 g/mol. The SMILES string of the molecule is CS(=O)(=O)c1ccc(N2CCCC(O)C2)c(N)c1. The van der Waals surface area contributed by atoms with Crippen molar-refractivity contribution in [1.82, 2.24) is 0 Å². The molecule has 1 aliphatic rings. The minimum atomic E-state index is -3.23. The van der Waals surface area contributed by atoms with Crippen molar-refractivity contribution in [2.75, 3.05) is 30.0 Å². The highest BCUT2D eigenvalue weighted by Gasteiger charge is 2.20. The van der Waals surface area contributed by atoms with Crippen LogP contribution in [-0.2, 0) is 9.84 Å². The summed E-state index contributed by atoms with van der Waals surface area (Å²) in [7, 11) is -3.23. The third-order valence-electron chi connectivity index (χ3n) is 3.16. The minimum absolute atomic E-state index is 0.223. The molecule has 0 spiro atoms. The van der Waals surface area contributed by atoms with E-state index in [-0.39, 0.29) is 11.0 Å². The molecule has 0 aromatic heterocycles. The van der Waals surface area contributed by atoms with Crippen molar-refractivity contribution in [3.63, 3.8) is 0 Å². The van der Waals surface area contributed by atoms with Gasteiger partial charge in [0.2, 0.25) is 0 Å². The number of nitrogens with two attached hydrogens (primary N) is 1. The van der Waals surface area contributed by atoms with Crippen LogP contribution in [0.5, 0.6) is 0 Å². The number of aliphatic hydroxyl groups excluding tert-OH is 1. The Hall–Kier alpha value is -1.27. The van der Waals surface area contributed by atoms with Gasteiger partial charge in [0.25, 0.3) is 0 Å². The molecule has 3 N–H and O–H groups in total. The first-order chi connectivity index (χ1) is 8.38. The number of rotatable bonds is 2. The van der Waals surface area contributed by atoms with Crippen LogP contribution in [0.2, 0.25) is 0 Å². The number of piperidine rings is 1. The Balaban J connectivity index is 2.30. The van der Waals surface area contributed by atoms with Gasteiger partial charge in [-0.05, 0) is 31.0 Å². The van der Waals surface area contributed by atoms with Crippen molar-refractivity contribution >= 4 is 21.2 Å². The molecule has 1 aromatic rings. The number of benzene rings is 1. The van der Waals surface area contributed by atoms with E-state index in [1.165, 1.54) is 6.07 Å². The molecule has 0 bridgehead atoms. The van der Waals surface area contributed by atoms with Crippen LogP contribution in [0.3, 0.4) is 0 Å². The molecule has 18 heavy (non-hydrogen) atoms. The van der Waals surface area contributed by atoms with Crippen molar-refractivity contribution in [2.24, 2.45) is 0 Å². The Kier molecular flexibility index (Phi) is 3.49. The van der Waals surface area contributed by atoms with E-state index in [0.717, 1.165) is 31.3 Å². The second-order valence-corrected chi connectivity index (χ2v) is 6.75. The molecule has 0 radical (unpaired) electrons. The van der Waals surface area contributed by atoms with Crippen LogP contribution < -0.4 is 10.6 Å². The van der Waals surface area contributed by atoms with Gasteiger partial charge in [-0.1, -0.05) is 0 Å². The van der Waals surface area contributed by atoms with Gasteiger partial charge >= 0.3 is 0 Å². The summed E-state index contributed by atoms with van der Waals surface area (Å²) in [6, 6.07) is 4.75. The van der Waals surface area contributed by atoms with Crippen molar-refractivity contribution in [3.05, 3.63) is 18.2 Å². The first-order valence-electron chi connectivity index (χ1n) is 5.90. The van der Waals surface area contributed by atoms with Crippen molar-refractivity contribution in [3.8, 4) is 0 Å². The number of hydrogen-bond acceptors (Lipinski definition) is 5. The van der Waals surface area contributed by atoms with Crippen LogP contribution in [0.25, 0.3) is 0 Å². The molecule has 5 nitrogen and oxygen atoms in total. The van der Waals surface area contributed by atoms with E-state index in [2.05, 4.69) is 0 Å². The quantitative estimate of drug-likeness (QED) is 0.770. The molecule has 1 unspecified atom stereocenters. The lowest BCUT2D eigenvalue weighted by Crippen LogP contribution is -2.38.